The molecule has 340 valence electrons. The van der Waals surface area contributed by atoms with E-state index in [0.29, 0.717) is 22.1 Å². The van der Waals surface area contributed by atoms with E-state index < -0.39 is 7.92 Å². The maximum absolute atomic E-state index is 11.6. The summed E-state index contributed by atoms with van der Waals surface area (Å²) in [5.74, 6) is 0.327. The molecule has 10 rings (SSSR count). The molecule has 0 unspecified atom stereocenters. The fraction of sp³-hybridized carbons (Fsp3) is 0.179. The van der Waals surface area contributed by atoms with Crippen molar-refractivity contribution in [2.24, 2.45) is 0 Å². The van der Waals surface area contributed by atoms with Gasteiger partial charge in [0.25, 0.3) is 0 Å². The SMILES string of the molecule is Cc1cc(C)c2c(c1)-c1nc3cccc(Cl)c3cc1CC2.Cc1cc(C)c2c(c1)C(=O)CCC2.Nc1cccc(Cl)c1CO.[Cl][Ru][Cl].c1ccc(P(c2ccccc2)c2ccccc2)cc1. The monoisotopic (exact) mass is 1060 g/mol. The summed E-state index contributed by atoms with van der Waals surface area (Å²) in [5.41, 5.74) is 20.2. The maximum atomic E-state index is 11.6. The Kier molecular flexibility index (Phi) is 19.4. The first-order valence-electron chi connectivity index (χ1n) is 21.7. The number of nitrogens with zero attached hydrogens (tertiary/aromatic N) is 1. The number of aliphatic hydroxyl groups is 1. The predicted molar refractivity (Wildman–Crippen MR) is 281 cm³/mol. The minimum absolute atomic E-state index is 0.106. The summed E-state index contributed by atoms with van der Waals surface area (Å²) in [6.07, 6.45) is 4.96. The van der Waals surface area contributed by atoms with Gasteiger partial charge < -0.3 is 10.8 Å². The van der Waals surface area contributed by atoms with Gasteiger partial charge in [-0.2, -0.15) is 0 Å². The molecule has 0 spiro atoms. The summed E-state index contributed by atoms with van der Waals surface area (Å²) in [5, 5.41) is 15.3. The molecule has 66 heavy (non-hydrogen) atoms. The van der Waals surface area contributed by atoms with E-state index in [2.05, 4.69) is 143 Å². The molecule has 0 bridgehead atoms. The van der Waals surface area contributed by atoms with Gasteiger partial charge in [0.1, 0.15) is 0 Å². The van der Waals surface area contributed by atoms with Crippen LogP contribution in [0.1, 0.15) is 67.7 Å². The number of ketones is 1. The Morgan fingerprint density at radius 1 is 0.606 bits per heavy atom. The standard InChI is InChI=1S/C19H16ClN.C18H15P.C12H14O.C7H8ClNO.2ClH.Ru/c1-11-8-12(2)14-7-6-13-10-16-17(20)4-3-5-18(16)21-19(13)15(14)9-11;1-4-10-16(11-5-1)19(17-12-6-2-7-13-17)18-14-8-3-9-15-18;1-8-6-9(2)10-4-3-5-12(13)11(10)7-8;8-6-2-1-3-7(9)5(6)4-10;;;/h3-5,8-10H,6-7H2,1-2H3;1-15H;6-7H,3-5H2,1-2H3;1-3,10H,4,9H2;2*1H;/q;;;;;;+2/p-2. The molecule has 2 aliphatic carbocycles. The number of carbonyl (C=O) groups excluding carboxylic acids is 1. The van der Waals surface area contributed by atoms with Crippen molar-refractivity contribution in [3.63, 3.8) is 0 Å². The number of pyridine rings is 1. The van der Waals surface area contributed by atoms with Crippen LogP contribution in [-0.4, -0.2) is 15.9 Å². The first-order valence-corrected chi connectivity index (χ1v) is 28.3. The normalized spacial score (nSPS) is 12.1. The molecule has 2 aliphatic rings. The molecule has 0 fully saturated rings. The second kappa shape index (κ2) is 25.1. The molecular weight excluding hydrogens is 1010 g/mol. The van der Waals surface area contributed by atoms with Gasteiger partial charge >= 0.3 is 34.5 Å². The smallest absolute Gasteiger partial charge is 0.0134 e. The number of carbonyl (C=O) groups is 1. The van der Waals surface area contributed by atoms with Crippen molar-refractivity contribution in [1.82, 2.24) is 4.98 Å². The molecule has 4 nitrogen and oxygen atoms in total. The molecule has 0 aliphatic heterocycles. The molecule has 0 radical (unpaired) electrons. The van der Waals surface area contributed by atoms with E-state index in [1.165, 1.54) is 60.4 Å². The molecule has 0 saturated heterocycles. The van der Waals surface area contributed by atoms with Crippen molar-refractivity contribution in [2.45, 2.75) is 66.4 Å². The van der Waals surface area contributed by atoms with Crippen LogP contribution in [0.5, 0.6) is 0 Å². The van der Waals surface area contributed by atoms with E-state index in [4.69, 9.17) is 58.4 Å². The summed E-state index contributed by atoms with van der Waals surface area (Å²) in [7, 11) is 9.26. The number of hydrogen-bond acceptors (Lipinski definition) is 4. The van der Waals surface area contributed by atoms with E-state index in [1.807, 2.05) is 24.3 Å². The first-order chi connectivity index (χ1) is 31.9. The van der Waals surface area contributed by atoms with Crippen molar-refractivity contribution in [1.29, 1.82) is 0 Å². The van der Waals surface area contributed by atoms with Crippen molar-refractivity contribution < 1.29 is 25.0 Å². The Labute approximate surface area is 417 Å². The third-order valence-corrected chi connectivity index (χ3v) is 14.6. The van der Waals surface area contributed by atoms with Crippen LogP contribution in [0.4, 0.5) is 5.69 Å². The number of halogens is 4. The van der Waals surface area contributed by atoms with Crippen LogP contribution in [0.15, 0.2) is 158 Å². The fourth-order valence-corrected chi connectivity index (χ4v) is 11.3. The molecule has 1 aromatic heterocycles. The Hall–Kier alpha value is -4.41. The summed E-state index contributed by atoms with van der Waals surface area (Å²) in [6, 6.07) is 54.4. The summed E-state index contributed by atoms with van der Waals surface area (Å²) >= 11 is 11.7. The van der Waals surface area contributed by atoms with E-state index in [-0.39, 0.29) is 21.8 Å². The van der Waals surface area contributed by atoms with Gasteiger partial charge in [0.2, 0.25) is 0 Å². The van der Waals surface area contributed by atoms with E-state index >= 15 is 0 Å². The zero-order valence-electron chi connectivity index (χ0n) is 37.4. The Bertz CT molecular complexity index is 2770. The fourth-order valence-electron chi connectivity index (χ4n) is 8.48. The van der Waals surface area contributed by atoms with Gasteiger partial charge in [-0.15, -0.1) is 0 Å². The number of aliphatic hydroxyl groups excluding tert-OH is 1. The van der Waals surface area contributed by atoms with Crippen LogP contribution in [0.3, 0.4) is 0 Å². The zero-order chi connectivity index (χ0) is 47.2. The Morgan fingerprint density at radius 3 is 1.62 bits per heavy atom. The summed E-state index contributed by atoms with van der Waals surface area (Å²) in [4.78, 5) is 16.5. The number of aromatic nitrogens is 1. The van der Waals surface area contributed by atoms with Gasteiger partial charge in [0, 0.05) is 44.2 Å². The average molecular weight is 1060 g/mol. The zero-order valence-corrected chi connectivity index (χ0v) is 43.1. The molecule has 0 atom stereocenters. The van der Waals surface area contributed by atoms with Gasteiger partial charge in [-0.3, -0.25) is 4.79 Å². The second-order valence-corrected chi connectivity index (χ2v) is 21.8. The van der Waals surface area contributed by atoms with Crippen LogP contribution < -0.4 is 21.6 Å². The maximum Gasteiger partial charge on any atom is -0.0134 e. The molecular formula is C56H53Cl4N2O2PRu. The number of aryl methyl sites for hydroxylation is 5. The summed E-state index contributed by atoms with van der Waals surface area (Å²) < 4.78 is 0. The number of hydrogen-bond donors (Lipinski definition) is 2. The number of anilines is 1. The molecule has 0 saturated carbocycles. The minimum atomic E-state index is -0.446. The van der Waals surface area contributed by atoms with Crippen molar-refractivity contribution in [2.75, 3.05) is 5.73 Å². The van der Waals surface area contributed by atoms with Crippen LogP contribution in [0, 0.1) is 27.7 Å². The van der Waals surface area contributed by atoms with Crippen LogP contribution >= 0.6 is 50.5 Å². The largest absolute Gasteiger partial charge is 0.0622 e. The van der Waals surface area contributed by atoms with Crippen molar-refractivity contribution >= 4 is 88.8 Å². The first kappa shape index (κ1) is 51.0. The van der Waals surface area contributed by atoms with Gasteiger partial charge in [-0.1, -0.05) is 150 Å². The third kappa shape index (κ3) is 13.2. The van der Waals surface area contributed by atoms with Gasteiger partial charge in [-0.25, -0.2) is 4.98 Å². The number of Topliss-reactive ketones (excluding diaryl/α,β-unsaturated/α-hetero) is 1. The van der Waals surface area contributed by atoms with Crippen LogP contribution in [0.2, 0.25) is 10.0 Å². The quantitative estimate of drug-likeness (QED) is 0.105. The van der Waals surface area contributed by atoms with Crippen LogP contribution in [-0.2, 0) is 41.0 Å². The number of rotatable bonds is 4. The number of benzene rings is 7. The molecule has 3 N–H and O–H groups in total. The molecule has 1 heterocycles. The third-order valence-electron chi connectivity index (χ3n) is 11.5. The Morgan fingerprint density at radius 2 is 1.11 bits per heavy atom. The minimum Gasteiger partial charge on any atom is -0.0622 e. The van der Waals surface area contributed by atoms with Crippen LogP contribution in [0.25, 0.3) is 22.2 Å². The molecule has 7 aromatic carbocycles. The van der Waals surface area contributed by atoms with Gasteiger partial charge in [0.05, 0.1) is 17.8 Å². The number of nitrogen functional groups attached to an aromatic ring is 1. The van der Waals surface area contributed by atoms with E-state index in [0.717, 1.165) is 59.3 Å². The van der Waals surface area contributed by atoms with Crippen molar-refractivity contribution in [3.8, 4) is 11.3 Å². The molecule has 8 aromatic rings. The molecule has 10 heteroatoms. The van der Waals surface area contributed by atoms with Crippen molar-refractivity contribution in [3.05, 3.63) is 218 Å². The number of nitrogens with two attached hydrogens (primary N) is 1. The predicted octanol–water partition coefficient (Wildman–Crippen LogP) is 14.3. The number of fused-ring (bicyclic) bond motifs is 5. The van der Waals surface area contributed by atoms with E-state index in [9.17, 15) is 4.79 Å². The summed E-state index contributed by atoms with van der Waals surface area (Å²) in [6.45, 7) is 8.40. The Balaban J connectivity index is 0.000000148. The van der Waals surface area contributed by atoms with Gasteiger partial charge in [0.15, 0.2) is 5.78 Å². The average Bonchev–Trinajstić information content (AvgIpc) is 3.31. The topological polar surface area (TPSA) is 76.2 Å². The van der Waals surface area contributed by atoms with E-state index in [1.54, 1.807) is 18.2 Å². The molecule has 0 amide bonds. The van der Waals surface area contributed by atoms with Gasteiger partial charge in [-0.05, 0) is 147 Å². The second-order valence-electron chi connectivity index (χ2n) is 16.2.